The Hall–Kier alpha value is -1.10. The predicted octanol–water partition coefficient (Wildman–Crippen LogP) is 0.0594. The smallest absolute Gasteiger partial charge is 0.416 e. The number of carbonyl (C=O) groups excluding carboxylic acids is 2. The molecule has 0 N–H and O–H groups in total. The third-order valence-corrected chi connectivity index (χ3v) is 2.92. The normalized spacial score (nSPS) is 27.6. The summed E-state index contributed by atoms with van der Waals surface area (Å²) < 4.78 is 4.56. The average molecular weight is 198 g/mol. The minimum Gasteiger partial charge on any atom is -0.452 e. The summed E-state index contributed by atoms with van der Waals surface area (Å²) in [6.45, 7) is 2.22. The molecule has 0 aromatic rings. The summed E-state index contributed by atoms with van der Waals surface area (Å²) in [6.07, 6.45) is 1.39. The van der Waals surface area contributed by atoms with E-state index in [-0.39, 0.29) is 11.9 Å². The van der Waals surface area contributed by atoms with Crippen molar-refractivity contribution in [3.8, 4) is 0 Å². The third kappa shape index (κ3) is 1.37. The van der Waals surface area contributed by atoms with Gasteiger partial charge in [0.05, 0.1) is 13.2 Å². The highest BCUT2D eigenvalue weighted by atomic mass is 16.5. The summed E-state index contributed by atoms with van der Waals surface area (Å²) in [5.41, 5.74) is 0. The summed E-state index contributed by atoms with van der Waals surface area (Å²) in [5.74, 6) is -0.0967. The number of imide groups is 1. The van der Waals surface area contributed by atoms with Gasteiger partial charge in [-0.3, -0.25) is 9.69 Å². The SMILES string of the molecule is COC(=O)N1CCN2CCCC2C1=O. The lowest BCUT2D eigenvalue weighted by atomic mass is 10.1. The Kier molecular flexibility index (Phi) is 2.41. The summed E-state index contributed by atoms with van der Waals surface area (Å²) >= 11 is 0. The van der Waals surface area contributed by atoms with E-state index in [0.29, 0.717) is 6.54 Å². The molecule has 5 nitrogen and oxygen atoms in total. The maximum atomic E-state index is 11.8. The molecule has 5 heteroatoms. The van der Waals surface area contributed by atoms with Crippen LogP contribution in [0.2, 0.25) is 0 Å². The van der Waals surface area contributed by atoms with E-state index in [1.807, 2.05) is 0 Å². The lowest BCUT2D eigenvalue weighted by molar-refractivity contribution is -0.137. The molecule has 2 heterocycles. The van der Waals surface area contributed by atoms with Gasteiger partial charge < -0.3 is 4.74 Å². The molecule has 0 aliphatic carbocycles. The van der Waals surface area contributed by atoms with E-state index >= 15 is 0 Å². The monoisotopic (exact) mass is 198 g/mol. The van der Waals surface area contributed by atoms with Gasteiger partial charge in [0.1, 0.15) is 0 Å². The van der Waals surface area contributed by atoms with Crippen molar-refractivity contribution in [2.24, 2.45) is 0 Å². The highest BCUT2D eigenvalue weighted by molar-refractivity contribution is 5.95. The number of methoxy groups -OCH3 is 1. The largest absolute Gasteiger partial charge is 0.452 e. The van der Waals surface area contributed by atoms with Crippen molar-refractivity contribution in [3.05, 3.63) is 0 Å². The number of fused-ring (bicyclic) bond motifs is 1. The van der Waals surface area contributed by atoms with Crippen LogP contribution in [0.25, 0.3) is 0 Å². The van der Waals surface area contributed by atoms with Crippen LogP contribution in [0.1, 0.15) is 12.8 Å². The molecule has 2 fully saturated rings. The molecule has 2 rings (SSSR count). The van der Waals surface area contributed by atoms with E-state index < -0.39 is 6.09 Å². The van der Waals surface area contributed by atoms with Gasteiger partial charge in [-0.1, -0.05) is 0 Å². The molecular weight excluding hydrogens is 184 g/mol. The van der Waals surface area contributed by atoms with E-state index in [1.54, 1.807) is 0 Å². The molecule has 2 aliphatic rings. The fourth-order valence-electron chi connectivity index (χ4n) is 2.18. The lowest BCUT2D eigenvalue weighted by Crippen LogP contribution is -2.56. The van der Waals surface area contributed by atoms with Gasteiger partial charge in [-0.2, -0.15) is 0 Å². The van der Waals surface area contributed by atoms with Crippen molar-refractivity contribution in [1.29, 1.82) is 0 Å². The number of hydrogen-bond donors (Lipinski definition) is 0. The second-order valence-electron chi connectivity index (χ2n) is 3.65. The molecule has 2 saturated heterocycles. The zero-order valence-electron chi connectivity index (χ0n) is 8.23. The number of carbonyl (C=O) groups is 2. The molecule has 0 spiro atoms. The summed E-state index contributed by atoms with van der Waals surface area (Å²) in [7, 11) is 1.30. The number of amides is 2. The number of ether oxygens (including phenoxy) is 1. The number of piperazine rings is 1. The fourth-order valence-corrected chi connectivity index (χ4v) is 2.18. The second kappa shape index (κ2) is 3.57. The molecule has 2 amide bonds. The van der Waals surface area contributed by atoms with Gasteiger partial charge in [0.2, 0.25) is 5.91 Å². The zero-order chi connectivity index (χ0) is 10.1. The van der Waals surface area contributed by atoms with Gasteiger partial charge in [-0.05, 0) is 19.4 Å². The van der Waals surface area contributed by atoms with E-state index in [1.165, 1.54) is 12.0 Å². The summed E-state index contributed by atoms with van der Waals surface area (Å²) in [6, 6.07) is -0.0807. The van der Waals surface area contributed by atoms with Crippen LogP contribution in [-0.2, 0) is 9.53 Å². The van der Waals surface area contributed by atoms with Crippen molar-refractivity contribution in [2.75, 3.05) is 26.7 Å². The molecule has 1 atom stereocenters. The second-order valence-corrected chi connectivity index (χ2v) is 3.65. The van der Waals surface area contributed by atoms with Crippen LogP contribution in [0.4, 0.5) is 4.79 Å². The quantitative estimate of drug-likeness (QED) is 0.552. The first-order chi connectivity index (χ1) is 6.74. The van der Waals surface area contributed by atoms with Crippen molar-refractivity contribution < 1.29 is 14.3 Å². The molecule has 78 valence electrons. The van der Waals surface area contributed by atoms with Crippen LogP contribution < -0.4 is 0 Å². The minimum absolute atomic E-state index is 0.0807. The predicted molar refractivity (Wildman–Crippen MR) is 48.7 cm³/mol. The Morgan fingerprint density at radius 1 is 1.43 bits per heavy atom. The maximum absolute atomic E-state index is 11.8. The van der Waals surface area contributed by atoms with Gasteiger partial charge in [-0.25, -0.2) is 9.69 Å². The van der Waals surface area contributed by atoms with Crippen LogP contribution in [0.5, 0.6) is 0 Å². The van der Waals surface area contributed by atoms with Crippen molar-refractivity contribution in [1.82, 2.24) is 9.80 Å². The highest BCUT2D eigenvalue weighted by Crippen LogP contribution is 2.22. The minimum atomic E-state index is -0.526. The lowest BCUT2D eigenvalue weighted by Gasteiger charge is -2.34. The number of hydrogen-bond acceptors (Lipinski definition) is 4. The molecule has 0 saturated carbocycles. The molecular formula is C9H14N2O3. The number of rotatable bonds is 0. The Bertz CT molecular complexity index is 267. The highest BCUT2D eigenvalue weighted by Gasteiger charge is 2.40. The van der Waals surface area contributed by atoms with Crippen LogP contribution in [0.3, 0.4) is 0 Å². The first-order valence-electron chi connectivity index (χ1n) is 4.87. The summed E-state index contributed by atoms with van der Waals surface area (Å²) in [4.78, 5) is 26.4. The van der Waals surface area contributed by atoms with Crippen LogP contribution in [-0.4, -0.2) is 54.6 Å². The van der Waals surface area contributed by atoms with Crippen LogP contribution in [0, 0.1) is 0 Å². The zero-order valence-corrected chi connectivity index (χ0v) is 8.23. The molecule has 1 unspecified atom stereocenters. The van der Waals surface area contributed by atoms with Gasteiger partial charge in [0.25, 0.3) is 0 Å². The van der Waals surface area contributed by atoms with Gasteiger partial charge in [0, 0.05) is 13.1 Å². The maximum Gasteiger partial charge on any atom is 0.416 e. The first kappa shape index (κ1) is 9.45. The third-order valence-electron chi connectivity index (χ3n) is 2.92. The van der Waals surface area contributed by atoms with E-state index in [2.05, 4.69) is 9.64 Å². The molecule has 14 heavy (non-hydrogen) atoms. The van der Waals surface area contributed by atoms with Crippen molar-refractivity contribution in [2.45, 2.75) is 18.9 Å². The standard InChI is InChI=1S/C9H14N2O3/c1-14-9(13)11-6-5-10-4-2-3-7(10)8(11)12/h7H,2-6H2,1H3. The Morgan fingerprint density at radius 2 is 2.21 bits per heavy atom. The Morgan fingerprint density at radius 3 is 2.93 bits per heavy atom. The molecule has 0 aromatic carbocycles. The van der Waals surface area contributed by atoms with E-state index in [9.17, 15) is 9.59 Å². The van der Waals surface area contributed by atoms with Crippen molar-refractivity contribution in [3.63, 3.8) is 0 Å². The molecule has 0 aromatic heterocycles. The van der Waals surface area contributed by atoms with Crippen LogP contribution >= 0.6 is 0 Å². The fraction of sp³-hybridized carbons (Fsp3) is 0.778. The molecule has 0 bridgehead atoms. The Labute approximate surface area is 82.6 Å². The topological polar surface area (TPSA) is 49.9 Å². The molecule has 0 radical (unpaired) electrons. The van der Waals surface area contributed by atoms with Gasteiger partial charge >= 0.3 is 6.09 Å². The first-order valence-corrected chi connectivity index (χ1v) is 4.87. The van der Waals surface area contributed by atoms with E-state index in [0.717, 1.165) is 25.9 Å². The van der Waals surface area contributed by atoms with Gasteiger partial charge in [-0.15, -0.1) is 0 Å². The summed E-state index contributed by atoms with van der Waals surface area (Å²) in [5, 5.41) is 0. The molecule has 2 aliphatic heterocycles. The average Bonchev–Trinajstić information content (AvgIpc) is 2.66. The number of nitrogens with zero attached hydrogens (tertiary/aromatic N) is 2. The van der Waals surface area contributed by atoms with Crippen molar-refractivity contribution >= 4 is 12.0 Å². The van der Waals surface area contributed by atoms with Gasteiger partial charge in [0.15, 0.2) is 0 Å². The van der Waals surface area contributed by atoms with E-state index in [4.69, 9.17) is 0 Å². The van der Waals surface area contributed by atoms with Crippen LogP contribution in [0.15, 0.2) is 0 Å². The Balaban J connectivity index is 2.09.